The molecule has 0 spiro atoms. The Labute approximate surface area is 145 Å². The highest BCUT2D eigenvalue weighted by atomic mass is 35.5. The number of hydrogen-bond donors (Lipinski definition) is 3. The van der Waals surface area contributed by atoms with Crippen LogP contribution in [0.2, 0.25) is 5.02 Å². The fraction of sp³-hybridized carbons (Fsp3) is 0.533. The number of fused-ring (bicyclic) bond motifs is 1. The molecule has 2 unspecified atom stereocenters. The van der Waals surface area contributed by atoms with E-state index in [4.69, 9.17) is 21.1 Å². The molecule has 1 aromatic rings. The number of carbonyl (C=O) groups excluding carboxylic acids is 1. The maximum Gasteiger partial charge on any atom is 0.224 e. The molecule has 3 N–H and O–H groups in total. The topological polar surface area (TPSA) is 79.8 Å². The number of ether oxygens (including phenoxy) is 2. The summed E-state index contributed by atoms with van der Waals surface area (Å²) in [5.74, 6) is 1.08. The zero-order valence-electron chi connectivity index (χ0n) is 12.5. The summed E-state index contributed by atoms with van der Waals surface area (Å²) in [5.41, 5.74) is 0.775. The van der Waals surface area contributed by atoms with E-state index >= 15 is 0 Å². The lowest BCUT2D eigenvalue weighted by molar-refractivity contribution is -0.120. The monoisotopic (exact) mass is 362 g/mol. The van der Waals surface area contributed by atoms with Crippen LogP contribution in [0.25, 0.3) is 0 Å². The summed E-state index contributed by atoms with van der Waals surface area (Å²) in [6.07, 6.45) is -0.184. The number of hydrogen-bond acceptors (Lipinski definition) is 5. The van der Waals surface area contributed by atoms with Gasteiger partial charge in [-0.25, -0.2) is 0 Å². The van der Waals surface area contributed by atoms with Gasteiger partial charge in [-0.15, -0.1) is 12.4 Å². The van der Waals surface area contributed by atoms with Crippen molar-refractivity contribution in [3.63, 3.8) is 0 Å². The number of aliphatic hydroxyl groups excluding tert-OH is 1. The van der Waals surface area contributed by atoms with Crippen molar-refractivity contribution < 1.29 is 19.4 Å². The van der Waals surface area contributed by atoms with Gasteiger partial charge in [-0.2, -0.15) is 0 Å². The fourth-order valence-corrected chi connectivity index (χ4v) is 2.97. The van der Waals surface area contributed by atoms with Gasteiger partial charge in [0.2, 0.25) is 5.91 Å². The van der Waals surface area contributed by atoms with Gasteiger partial charge in [0.25, 0.3) is 0 Å². The Morgan fingerprint density at radius 2 is 2.13 bits per heavy atom. The summed E-state index contributed by atoms with van der Waals surface area (Å²) in [5, 5.41) is 16.1. The largest absolute Gasteiger partial charge is 0.486 e. The van der Waals surface area contributed by atoms with Crippen molar-refractivity contribution in [2.45, 2.75) is 12.5 Å². The Balaban J connectivity index is 0.00000192. The van der Waals surface area contributed by atoms with Crippen molar-refractivity contribution in [2.75, 3.05) is 32.8 Å². The third-order valence-electron chi connectivity index (χ3n) is 3.89. The first-order valence-corrected chi connectivity index (χ1v) is 7.75. The van der Waals surface area contributed by atoms with E-state index in [1.165, 1.54) is 0 Å². The fourth-order valence-electron chi connectivity index (χ4n) is 2.69. The van der Waals surface area contributed by atoms with E-state index in [9.17, 15) is 9.90 Å². The van der Waals surface area contributed by atoms with E-state index < -0.39 is 6.10 Å². The number of nitrogens with one attached hydrogen (secondary N) is 2. The van der Waals surface area contributed by atoms with Crippen molar-refractivity contribution in [3.05, 3.63) is 22.7 Å². The molecule has 0 saturated carbocycles. The smallest absolute Gasteiger partial charge is 0.224 e. The molecule has 3 rings (SSSR count). The third-order valence-corrected chi connectivity index (χ3v) is 4.17. The minimum absolute atomic E-state index is 0. The number of aliphatic hydroxyl groups is 1. The first kappa shape index (κ1) is 18.1. The molecule has 2 atom stereocenters. The minimum atomic E-state index is -0.399. The highest BCUT2D eigenvalue weighted by Gasteiger charge is 2.25. The molecule has 0 aromatic heterocycles. The van der Waals surface area contributed by atoms with Crippen LogP contribution in [0.15, 0.2) is 12.1 Å². The van der Waals surface area contributed by atoms with Crippen LogP contribution in [-0.2, 0) is 11.2 Å². The predicted molar refractivity (Wildman–Crippen MR) is 88.8 cm³/mol. The van der Waals surface area contributed by atoms with Crippen LogP contribution in [-0.4, -0.2) is 50.0 Å². The van der Waals surface area contributed by atoms with Crippen molar-refractivity contribution >= 4 is 29.9 Å². The number of carbonyl (C=O) groups is 1. The van der Waals surface area contributed by atoms with E-state index in [0.29, 0.717) is 42.8 Å². The first-order chi connectivity index (χ1) is 10.6. The van der Waals surface area contributed by atoms with Crippen molar-refractivity contribution in [2.24, 2.45) is 5.92 Å². The molecule has 0 bridgehead atoms. The average molecular weight is 363 g/mol. The van der Waals surface area contributed by atoms with Crippen LogP contribution >= 0.6 is 24.0 Å². The zero-order valence-corrected chi connectivity index (χ0v) is 14.1. The van der Waals surface area contributed by atoms with Gasteiger partial charge >= 0.3 is 0 Å². The molecule has 128 valence electrons. The molecule has 2 aliphatic heterocycles. The number of β-amino-alcohol motifs (C(OH)–C–C–N with tert-alkyl or cyclic N) is 1. The number of rotatable bonds is 4. The maximum absolute atomic E-state index is 12.0. The van der Waals surface area contributed by atoms with Gasteiger partial charge < -0.3 is 25.2 Å². The third kappa shape index (κ3) is 4.41. The van der Waals surface area contributed by atoms with Crippen LogP contribution in [0, 0.1) is 5.92 Å². The van der Waals surface area contributed by atoms with E-state index in [1.807, 2.05) is 0 Å². The van der Waals surface area contributed by atoms with Gasteiger partial charge in [-0.3, -0.25) is 4.79 Å². The molecule has 1 saturated heterocycles. The summed E-state index contributed by atoms with van der Waals surface area (Å²) in [4.78, 5) is 12.0. The lowest BCUT2D eigenvalue weighted by atomic mass is 10.1. The molecule has 23 heavy (non-hydrogen) atoms. The molecule has 0 radical (unpaired) electrons. The second-order valence-corrected chi connectivity index (χ2v) is 5.98. The van der Waals surface area contributed by atoms with Crippen molar-refractivity contribution in [3.8, 4) is 11.5 Å². The molecule has 1 amide bonds. The van der Waals surface area contributed by atoms with E-state index in [1.54, 1.807) is 12.1 Å². The van der Waals surface area contributed by atoms with Crippen LogP contribution in [0.3, 0.4) is 0 Å². The summed E-state index contributed by atoms with van der Waals surface area (Å²) >= 11 is 6.15. The first-order valence-electron chi connectivity index (χ1n) is 7.37. The molecule has 2 aliphatic rings. The van der Waals surface area contributed by atoms with Gasteiger partial charge in [0, 0.05) is 25.6 Å². The Hall–Kier alpha value is -1.21. The number of benzene rings is 1. The molecule has 6 nitrogen and oxygen atoms in total. The van der Waals surface area contributed by atoms with E-state index in [-0.39, 0.29) is 30.7 Å². The second-order valence-electron chi connectivity index (χ2n) is 5.57. The molecule has 1 fully saturated rings. The van der Waals surface area contributed by atoms with Crippen molar-refractivity contribution in [1.82, 2.24) is 10.6 Å². The number of halogens is 2. The van der Waals surface area contributed by atoms with Crippen molar-refractivity contribution in [1.29, 1.82) is 0 Å². The summed E-state index contributed by atoms with van der Waals surface area (Å²) < 4.78 is 10.9. The SMILES string of the molecule is Cl.O=C(Cc1cc(Cl)c2c(c1)OCCO2)NCC1CNCC1O. The van der Waals surface area contributed by atoms with Gasteiger partial charge in [0.05, 0.1) is 17.5 Å². The molecule has 2 heterocycles. The molecule has 8 heteroatoms. The standard InChI is InChI=1S/C15H19ClN2O4.ClH/c16-11-3-9(4-13-15(11)22-2-1-21-13)5-14(20)18-7-10-6-17-8-12(10)19;/h3-4,10,12,17,19H,1-2,5-8H2,(H,18,20);1H. The average Bonchev–Trinajstić information content (AvgIpc) is 2.90. The van der Waals surface area contributed by atoms with E-state index in [2.05, 4.69) is 10.6 Å². The lowest BCUT2D eigenvalue weighted by Gasteiger charge is -2.20. The van der Waals surface area contributed by atoms with Crippen LogP contribution in [0.1, 0.15) is 5.56 Å². The summed E-state index contributed by atoms with van der Waals surface area (Å²) in [7, 11) is 0. The van der Waals surface area contributed by atoms with Gasteiger partial charge in [-0.1, -0.05) is 11.6 Å². The highest BCUT2D eigenvalue weighted by molar-refractivity contribution is 6.32. The Bertz CT molecular complexity index is 571. The Morgan fingerprint density at radius 3 is 2.87 bits per heavy atom. The molecular formula is C15H20Cl2N2O4. The Morgan fingerprint density at radius 1 is 1.35 bits per heavy atom. The normalized spacial score (nSPS) is 22.3. The second kappa shape index (κ2) is 8.06. The lowest BCUT2D eigenvalue weighted by Crippen LogP contribution is -2.35. The molecular weight excluding hydrogens is 343 g/mol. The van der Waals surface area contributed by atoms with Crippen LogP contribution < -0.4 is 20.1 Å². The molecule has 1 aromatic carbocycles. The van der Waals surface area contributed by atoms with Gasteiger partial charge in [0.1, 0.15) is 13.2 Å². The Kier molecular flexibility index (Phi) is 6.35. The maximum atomic E-state index is 12.0. The van der Waals surface area contributed by atoms with Crippen LogP contribution in [0.4, 0.5) is 0 Å². The minimum Gasteiger partial charge on any atom is -0.486 e. The van der Waals surface area contributed by atoms with E-state index in [0.717, 1.165) is 12.1 Å². The summed E-state index contributed by atoms with van der Waals surface area (Å²) in [6, 6.07) is 3.51. The number of amides is 1. The zero-order chi connectivity index (χ0) is 15.5. The molecule has 0 aliphatic carbocycles. The quantitative estimate of drug-likeness (QED) is 0.737. The highest BCUT2D eigenvalue weighted by Crippen LogP contribution is 2.38. The van der Waals surface area contributed by atoms with Gasteiger partial charge in [0.15, 0.2) is 11.5 Å². The predicted octanol–water partition coefficient (Wildman–Crippen LogP) is 0.772. The van der Waals surface area contributed by atoms with Crippen LogP contribution in [0.5, 0.6) is 11.5 Å². The summed E-state index contributed by atoms with van der Waals surface area (Å²) in [6.45, 7) is 2.72. The van der Waals surface area contributed by atoms with Gasteiger partial charge in [-0.05, 0) is 17.7 Å².